The second-order valence-electron chi connectivity index (χ2n) is 7.42. The van der Waals surface area contributed by atoms with Crippen molar-refractivity contribution in [1.82, 2.24) is 15.3 Å². The van der Waals surface area contributed by atoms with Crippen molar-refractivity contribution in [1.29, 1.82) is 0 Å². The van der Waals surface area contributed by atoms with Gasteiger partial charge < -0.3 is 14.8 Å². The fourth-order valence-electron chi connectivity index (χ4n) is 3.77. The SMILES string of the molecule is COC(=O)c1ccc(C(=O)NC2(c3ccc(C(F)(F)F)c(F)c3)CCOc3cccnc32)nc1. The molecule has 11 heteroatoms. The Morgan fingerprint density at radius 2 is 1.94 bits per heavy atom. The number of carbonyl (C=O) groups is 2. The molecule has 3 heterocycles. The third-order valence-electron chi connectivity index (χ3n) is 5.42. The van der Waals surface area contributed by atoms with E-state index in [1.54, 1.807) is 12.1 Å². The summed E-state index contributed by atoms with van der Waals surface area (Å²) >= 11 is 0. The highest BCUT2D eigenvalue weighted by atomic mass is 19.4. The number of aromatic nitrogens is 2. The van der Waals surface area contributed by atoms with Crippen LogP contribution < -0.4 is 10.1 Å². The van der Waals surface area contributed by atoms with E-state index in [0.29, 0.717) is 11.8 Å². The topological polar surface area (TPSA) is 90.4 Å². The minimum Gasteiger partial charge on any atom is -0.491 e. The van der Waals surface area contributed by atoms with Crippen molar-refractivity contribution in [2.24, 2.45) is 0 Å². The molecule has 0 bridgehead atoms. The molecule has 0 saturated heterocycles. The van der Waals surface area contributed by atoms with E-state index in [-0.39, 0.29) is 35.5 Å². The average molecular weight is 475 g/mol. The molecule has 1 atom stereocenters. The molecular weight excluding hydrogens is 458 g/mol. The summed E-state index contributed by atoms with van der Waals surface area (Å²) in [5.41, 5.74) is -2.62. The standard InChI is InChI=1S/C23H17F4N3O4/c1-33-21(32)13-4-7-17(29-12-13)20(31)30-22(8-10-34-18-3-2-9-28-19(18)22)14-5-6-15(16(24)11-14)23(25,26)27/h2-7,9,11-12H,8,10H2,1H3,(H,30,31). The van der Waals surface area contributed by atoms with Crippen LogP contribution in [0.1, 0.15) is 44.1 Å². The molecule has 34 heavy (non-hydrogen) atoms. The molecule has 0 spiro atoms. The summed E-state index contributed by atoms with van der Waals surface area (Å²) < 4.78 is 64.1. The lowest BCUT2D eigenvalue weighted by atomic mass is 9.80. The molecule has 0 aliphatic carbocycles. The molecule has 1 aliphatic rings. The van der Waals surface area contributed by atoms with E-state index < -0.39 is 35.0 Å². The first kappa shape index (κ1) is 23.1. The maximum Gasteiger partial charge on any atom is 0.419 e. The van der Waals surface area contributed by atoms with Gasteiger partial charge in [-0.3, -0.25) is 14.8 Å². The first-order chi connectivity index (χ1) is 16.2. The minimum absolute atomic E-state index is 0.0563. The molecular formula is C23H17F4N3O4. The molecule has 0 radical (unpaired) electrons. The monoisotopic (exact) mass is 475 g/mol. The highest BCUT2D eigenvalue weighted by molar-refractivity contribution is 5.95. The lowest BCUT2D eigenvalue weighted by molar-refractivity contribution is -0.140. The summed E-state index contributed by atoms with van der Waals surface area (Å²) in [6.45, 7) is 0.0797. The molecule has 0 saturated carbocycles. The number of hydrogen-bond acceptors (Lipinski definition) is 6. The molecule has 1 amide bonds. The van der Waals surface area contributed by atoms with Crippen molar-refractivity contribution >= 4 is 11.9 Å². The lowest BCUT2D eigenvalue weighted by Crippen LogP contribution is -2.50. The fraction of sp³-hybridized carbons (Fsp3) is 0.217. The van der Waals surface area contributed by atoms with Crippen LogP contribution in [0.3, 0.4) is 0 Å². The Bertz CT molecular complexity index is 1250. The number of benzene rings is 1. The first-order valence-corrected chi connectivity index (χ1v) is 9.98. The van der Waals surface area contributed by atoms with Gasteiger partial charge in [-0.2, -0.15) is 13.2 Å². The summed E-state index contributed by atoms with van der Waals surface area (Å²) in [6, 6.07) is 8.28. The quantitative estimate of drug-likeness (QED) is 0.455. The second-order valence-corrected chi connectivity index (χ2v) is 7.42. The van der Waals surface area contributed by atoms with Crippen LogP contribution in [0.5, 0.6) is 5.75 Å². The number of halogens is 4. The molecule has 1 N–H and O–H groups in total. The van der Waals surface area contributed by atoms with Crippen LogP contribution in [0.2, 0.25) is 0 Å². The van der Waals surface area contributed by atoms with Crippen molar-refractivity contribution < 1.29 is 36.6 Å². The number of amides is 1. The van der Waals surface area contributed by atoms with Crippen LogP contribution in [-0.4, -0.2) is 35.6 Å². The van der Waals surface area contributed by atoms with Gasteiger partial charge in [-0.1, -0.05) is 6.07 Å². The number of pyridine rings is 2. The van der Waals surface area contributed by atoms with Gasteiger partial charge in [-0.05, 0) is 42.0 Å². The number of alkyl halides is 3. The van der Waals surface area contributed by atoms with Crippen molar-refractivity contribution in [3.8, 4) is 5.75 Å². The third kappa shape index (κ3) is 4.16. The molecule has 2 aromatic heterocycles. The van der Waals surface area contributed by atoms with Gasteiger partial charge in [0.05, 0.1) is 24.8 Å². The number of esters is 1. The zero-order valence-corrected chi connectivity index (χ0v) is 17.6. The predicted molar refractivity (Wildman–Crippen MR) is 110 cm³/mol. The van der Waals surface area contributed by atoms with Crippen molar-refractivity contribution in [3.05, 3.63) is 88.8 Å². The number of ether oxygens (including phenoxy) is 2. The summed E-state index contributed by atoms with van der Waals surface area (Å²) in [7, 11) is 1.20. The van der Waals surface area contributed by atoms with Gasteiger partial charge in [-0.25, -0.2) is 9.18 Å². The van der Waals surface area contributed by atoms with Crippen molar-refractivity contribution in [2.45, 2.75) is 18.1 Å². The van der Waals surface area contributed by atoms with Crippen LogP contribution in [0, 0.1) is 5.82 Å². The number of nitrogens with zero attached hydrogens (tertiary/aromatic N) is 2. The predicted octanol–water partition coefficient (Wildman–Crippen LogP) is 3.88. The van der Waals surface area contributed by atoms with E-state index in [4.69, 9.17) is 4.74 Å². The summed E-state index contributed by atoms with van der Waals surface area (Å²) in [4.78, 5) is 33.0. The van der Waals surface area contributed by atoms with Crippen molar-refractivity contribution in [3.63, 3.8) is 0 Å². The van der Waals surface area contributed by atoms with E-state index in [1.807, 2.05) is 0 Å². The van der Waals surface area contributed by atoms with Crippen LogP contribution in [0.25, 0.3) is 0 Å². The number of hydrogen-bond donors (Lipinski definition) is 1. The van der Waals surface area contributed by atoms with Gasteiger partial charge in [0.2, 0.25) is 0 Å². The van der Waals surface area contributed by atoms with Gasteiger partial charge >= 0.3 is 12.1 Å². The highest BCUT2D eigenvalue weighted by Gasteiger charge is 2.44. The Balaban J connectivity index is 1.79. The summed E-state index contributed by atoms with van der Waals surface area (Å²) in [5.74, 6) is -2.54. The Hall–Kier alpha value is -4.02. The van der Waals surface area contributed by atoms with Crippen LogP contribution in [-0.2, 0) is 16.5 Å². The van der Waals surface area contributed by atoms with Gasteiger partial charge in [-0.15, -0.1) is 0 Å². The second kappa shape index (κ2) is 8.73. The third-order valence-corrected chi connectivity index (χ3v) is 5.42. The lowest BCUT2D eigenvalue weighted by Gasteiger charge is -2.39. The largest absolute Gasteiger partial charge is 0.491 e. The number of fused-ring (bicyclic) bond motifs is 1. The Kier molecular flexibility index (Phi) is 5.94. The maximum absolute atomic E-state index is 14.5. The van der Waals surface area contributed by atoms with E-state index in [0.717, 1.165) is 18.3 Å². The Morgan fingerprint density at radius 1 is 1.15 bits per heavy atom. The van der Waals surface area contributed by atoms with E-state index in [1.165, 1.54) is 25.4 Å². The molecule has 7 nitrogen and oxygen atoms in total. The van der Waals surface area contributed by atoms with E-state index >= 15 is 0 Å². The Labute approximate surface area is 190 Å². The van der Waals surface area contributed by atoms with Crippen LogP contribution in [0.4, 0.5) is 17.6 Å². The normalized spacial score (nSPS) is 17.3. The van der Waals surface area contributed by atoms with Gasteiger partial charge in [0, 0.05) is 18.8 Å². The smallest absolute Gasteiger partial charge is 0.419 e. The van der Waals surface area contributed by atoms with Crippen LogP contribution >= 0.6 is 0 Å². The average Bonchev–Trinajstić information content (AvgIpc) is 2.83. The van der Waals surface area contributed by atoms with Gasteiger partial charge in [0.1, 0.15) is 28.5 Å². The minimum atomic E-state index is -4.88. The molecule has 1 unspecified atom stereocenters. The van der Waals surface area contributed by atoms with Gasteiger partial charge in [0.25, 0.3) is 5.91 Å². The molecule has 1 aromatic carbocycles. The molecule has 4 rings (SSSR count). The Morgan fingerprint density at radius 3 is 2.59 bits per heavy atom. The maximum atomic E-state index is 14.5. The summed E-state index contributed by atoms with van der Waals surface area (Å²) in [6.07, 6.45) is -2.23. The highest BCUT2D eigenvalue weighted by Crippen LogP contribution is 2.42. The van der Waals surface area contributed by atoms with Crippen LogP contribution in [0.15, 0.2) is 54.9 Å². The number of methoxy groups -OCH3 is 1. The van der Waals surface area contributed by atoms with Crippen molar-refractivity contribution in [2.75, 3.05) is 13.7 Å². The molecule has 176 valence electrons. The first-order valence-electron chi connectivity index (χ1n) is 9.98. The van der Waals surface area contributed by atoms with E-state index in [2.05, 4.69) is 20.0 Å². The fourth-order valence-corrected chi connectivity index (χ4v) is 3.77. The number of nitrogens with one attached hydrogen (secondary N) is 1. The van der Waals surface area contributed by atoms with E-state index in [9.17, 15) is 27.2 Å². The van der Waals surface area contributed by atoms with Gasteiger partial charge in [0.15, 0.2) is 0 Å². The zero-order chi connectivity index (χ0) is 24.5. The molecule has 3 aromatic rings. The number of carbonyl (C=O) groups excluding carboxylic acids is 2. The summed E-state index contributed by atoms with van der Waals surface area (Å²) in [5, 5.41) is 2.76. The zero-order valence-electron chi connectivity index (χ0n) is 17.6. The molecule has 0 fully saturated rings. The number of rotatable bonds is 4. The molecule has 1 aliphatic heterocycles.